The maximum atomic E-state index is 13.7. The van der Waals surface area contributed by atoms with Gasteiger partial charge in [-0.1, -0.05) is 12.1 Å². The van der Waals surface area contributed by atoms with Gasteiger partial charge in [0.2, 0.25) is 16.0 Å². The van der Waals surface area contributed by atoms with Crippen molar-refractivity contribution in [2.24, 2.45) is 0 Å². The lowest BCUT2D eigenvalue weighted by atomic mass is 10.1. The molecule has 2 heterocycles. The molecular weight excluding hydrogens is 537 g/mol. The number of anilines is 3. The molecule has 0 spiro atoms. The van der Waals surface area contributed by atoms with Crippen molar-refractivity contribution in [3.05, 3.63) is 71.2 Å². The molecule has 3 N–H and O–H groups in total. The molecule has 1 amide bonds. The largest absolute Gasteiger partial charge is 0.419 e. The number of aliphatic hydroxyl groups is 1. The van der Waals surface area contributed by atoms with Crippen molar-refractivity contribution in [2.75, 3.05) is 29.5 Å². The number of hydrogen-bond acceptors (Lipinski definition) is 8. The second-order valence-corrected chi connectivity index (χ2v) is 11.5. The first-order valence-electron chi connectivity index (χ1n) is 11.7. The number of pyridine rings is 1. The van der Waals surface area contributed by atoms with E-state index in [4.69, 9.17) is 0 Å². The summed E-state index contributed by atoms with van der Waals surface area (Å²) < 4.78 is 66.2. The van der Waals surface area contributed by atoms with E-state index in [1.165, 1.54) is 19.3 Å². The highest BCUT2D eigenvalue weighted by atomic mass is 32.2. The zero-order valence-corrected chi connectivity index (χ0v) is 22.6. The average molecular weight is 567 g/mol. The third kappa shape index (κ3) is 7.86. The first kappa shape index (κ1) is 29.8. The number of carbonyl (C=O) groups is 1. The van der Waals surface area contributed by atoms with Gasteiger partial charge in [-0.3, -0.25) is 9.10 Å². The van der Waals surface area contributed by atoms with Crippen LogP contribution in [0.25, 0.3) is 0 Å². The van der Waals surface area contributed by atoms with Crippen LogP contribution in [0, 0.1) is 0 Å². The Hall–Kier alpha value is -3.78. The smallest absolute Gasteiger partial charge is 0.394 e. The number of aromatic nitrogens is 3. The van der Waals surface area contributed by atoms with E-state index in [9.17, 15) is 31.5 Å². The molecule has 2 aromatic heterocycles. The number of sulfonamides is 1. The molecule has 0 bridgehead atoms. The summed E-state index contributed by atoms with van der Waals surface area (Å²) in [5.74, 6) is -0.454. The minimum absolute atomic E-state index is 0.0267. The van der Waals surface area contributed by atoms with E-state index in [0.29, 0.717) is 17.4 Å². The first-order valence-corrected chi connectivity index (χ1v) is 13.6. The zero-order chi connectivity index (χ0) is 29.0. The molecule has 0 saturated heterocycles. The van der Waals surface area contributed by atoms with Crippen molar-refractivity contribution in [3.8, 4) is 0 Å². The Labute approximate surface area is 224 Å². The Morgan fingerprint density at radius 3 is 2.46 bits per heavy atom. The van der Waals surface area contributed by atoms with Crippen LogP contribution in [0.5, 0.6) is 0 Å². The molecule has 3 rings (SSSR count). The molecule has 0 radical (unpaired) electrons. The van der Waals surface area contributed by atoms with Crippen molar-refractivity contribution in [1.82, 2.24) is 20.3 Å². The minimum atomic E-state index is -4.72. The maximum Gasteiger partial charge on any atom is 0.419 e. The van der Waals surface area contributed by atoms with Gasteiger partial charge in [-0.15, -0.1) is 0 Å². The highest BCUT2D eigenvalue weighted by Gasteiger charge is 2.35. The van der Waals surface area contributed by atoms with Gasteiger partial charge in [-0.2, -0.15) is 13.2 Å². The maximum absolute atomic E-state index is 13.7. The number of halogens is 3. The van der Waals surface area contributed by atoms with Crippen LogP contribution in [-0.2, 0) is 29.0 Å². The van der Waals surface area contributed by atoms with Crippen LogP contribution in [0.15, 0.2) is 48.8 Å². The number of nitrogens with one attached hydrogen (secondary N) is 2. The summed E-state index contributed by atoms with van der Waals surface area (Å²) >= 11 is 0. The number of alkyl halides is 3. The third-order valence-electron chi connectivity index (χ3n) is 5.70. The van der Waals surface area contributed by atoms with Crippen LogP contribution < -0.4 is 14.9 Å². The standard InChI is InChI=1S/C25H29F3N6O4S/c1-24(2,15-35)33-22(36)17-7-5-9-18(13-17)31-23-30-14-19(25(26,27)28)20(32-23)11-10-16-8-6-12-29-21(16)34(3)39(4,37)38/h5-9,12-14,35H,10-11,15H2,1-4H3,(H,33,36)(H,30,31,32). The molecular formula is C25H29F3N6O4S. The summed E-state index contributed by atoms with van der Waals surface area (Å²) in [4.78, 5) is 24.5. The van der Waals surface area contributed by atoms with Gasteiger partial charge in [0.15, 0.2) is 0 Å². The molecule has 10 nitrogen and oxygen atoms in total. The van der Waals surface area contributed by atoms with E-state index >= 15 is 0 Å². The van der Waals surface area contributed by atoms with Gasteiger partial charge in [-0.25, -0.2) is 23.4 Å². The lowest BCUT2D eigenvalue weighted by Gasteiger charge is -2.23. The summed E-state index contributed by atoms with van der Waals surface area (Å²) in [6.07, 6.45) is -1.79. The normalized spacial score (nSPS) is 12.2. The van der Waals surface area contributed by atoms with Gasteiger partial charge in [0.1, 0.15) is 5.82 Å². The molecule has 3 aromatic rings. The van der Waals surface area contributed by atoms with Crippen molar-refractivity contribution in [1.29, 1.82) is 0 Å². The number of aliphatic hydroxyl groups excluding tert-OH is 1. The Morgan fingerprint density at radius 1 is 1.10 bits per heavy atom. The van der Waals surface area contributed by atoms with E-state index < -0.39 is 33.2 Å². The van der Waals surface area contributed by atoms with Crippen molar-refractivity contribution in [3.63, 3.8) is 0 Å². The summed E-state index contributed by atoms with van der Waals surface area (Å²) in [7, 11) is -2.33. The van der Waals surface area contributed by atoms with Crippen LogP contribution in [0.3, 0.4) is 0 Å². The van der Waals surface area contributed by atoms with E-state index in [2.05, 4.69) is 25.6 Å². The predicted octanol–water partition coefficient (Wildman–Crippen LogP) is 3.32. The number of nitrogens with zero attached hydrogens (tertiary/aromatic N) is 4. The average Bonchev–Trinajstić information content (AvgIpc) is 2.86. The SMILES string of the molecule is CN(c1ncccc1CCc1nc(Nc2cccc(C(=O)NC(C)(C)CO)c2)ncc1C(F)(F)F)S(C)(=O)=O. The fraction of sp³-hybridized carbons (Fsp3) is 0.360. The number of amides is 1. The van der Waals surface area contributed by atoms with Gasteiger partial charge in [0.05, 0.1) is 29.7 Å². The summed E-state index contributed by atoms with van der Waals surface area (Å²) in [5, 5.41) is 14.9. The third-order valence-corrected chi connectivity index (χ3v) is 6.86. The Morgan fingerprint density at radius 2 is 1.82 bits per heavy atom. The van der Waals surface area contributed by atoms with Gasteiger partial charge in [0, 0.05) is 30.7 Å². The first-order chi connectivity index (χ1) is 18.1. The molecule has 1 aromatic carbocycles. The van der Waals surface area contributed by atoms with Gasteiger partial charge < -0.3 is 15.7 Å². The molecule has 0 saturated carbocycles. The second-order valence-electron chi connectivity index (χ2n) is 9.47. The topological polar surface area (TPSA) is 137 Å². The molecule has 0 fully saturated rings. The summed E-state index contributed by atoms with van der Waals surface area (Å²) in [6.45, 7) is 3.03. The van der Waals surface area contributed by atoms with Crippen LogP contribution in [0.4, 0.5) is 30.6 Å². The van der Waals surface area contributed by atoms with E-state index in [0.717, 1.165) is 10.6 Å². The van der Waals surface area contributed by atoms with Crippen molar-refractivity contribution < 1.29 is 31.5 Å². The lowest BCUT2D eigenvalue weighted by molar-refractivity contribution is -0.138. The molecule has 0 unspecified atom stereocenters. The van der Waals surface area contributed by atoms with E-state index in [1.807, 2.05) is 0 Å². The molecule has 39 heavy (non-hydrogen) atoms. The monoisotopic (exact) mass is 566 g/mol. The lowest BCUT2D eigenvalue weighted by Crippen LogP contribution is -2.46. The van der Waals surface area contributed by atoms with Crippen LogP contribution >= 0.6 is 0 Å². The van der Waals surface area contributed by atoms with E-state index in [1.54, 1.807) is 44.2 Å². The highest BCUT2D eigenvalue weighted by Crippen LogP contribution is 2.32. The summed E-state index contributed by atoms with van der Waals surface area (Å²) in [5.41, 5.74) is -1.12. The quantitative estimate of drug-likeness (QED) is 0.340. The Balaban J connectivity index is 1.88. The number of carbonyl (C=O) groups excluding carboxylic acids is 1. The fourth-order valence-electron chi connectivity index (χ4n) is 3.51. The molecule has 0 aliphatic rings. The van der Waals surface area contributed by atoms with Crippen LogP contribution in [0.2, 0.25) is 0 Å². The van der Waals surface area contributed by atoms with Crippen molar-refractivity contribution in [2.45, 2.75) is 38.4 Å². The van der Waals surface area contributed by atoms with Gasteiger partial charge >= 0.3 is 6.18 Å². The summed E-state index contributed by atoms with van der Waals surface area (Å²) in [6, 6.07) is 9.36. The number of hydrogen-bond donors (Lipinski definition) is 3. The van der Waals surface area contributed by atoms with Crippen LogP contribution in [0.1, 0.15) is 41.0 Å². The number of benzene rings is 1. The highest BCUT2D eigenvalue weighted by molar-refractivity contribution is 7.92. The number of aryl methyl sites for hydroxylation is 2. The zero-order valence-electron chi connectivity index (χ0n) is 21.7. The molecule has 0 atom stereocenters. The number of rotatable bonds is 10. The van der Waals surface area contributed by atoms with Crippen LogP contribution in [-0.4, -0.2) is 59.8 Å². The van der Waals surface area contributed by atoms with Gasteiger partial charge in [0.25, 0.3) is 5.91 Å². The van der Waals surface area contributed by atoms with Gasteiger partial charge in [-0.05, 0) is 56.5 Å². The van der Waals surface area contributed by atoms with Crippen molar-refractivity contribution >= 4 is 33.4 Å². The minimum Gasteiger partial charge on any atom is -0.394 e. The molecule has 14 heteroatoms. The molecule has 0 aliphatic carbocycles. The molecule has 210 valence electrons. The molecule has 0 aliphatic heterocycles. The van der Waals surface area contributed by atoms with E-state index in [-0.39, 0.29) is 42.5 Å². The predicted molar refractivity (Wildman–Crippen MR) is 140 cm³/mol. The second kappa shape index (κ2) is 11.5. The fourth-order valence-corrected chi connectivity index (χ4v) is 3.99. The Kier molecular flexibility index (Phi) is 8.80. The Bertz CT molecular complexity index is 1450.